The van der Waals surface area contributed by atoms with E-state index in [9.17, 15) is 9.59 Å². The van der Waals surface area contributed by atoms with Gasteiger partial charge in [0.25, 0.3) is 11.5 Å². The van der Waals surface area contributed by atoms with Gasteiger partial charge in [-0.15, -0.1) is 0 Å². The number of amides is 1. The van der Waals surface area contributed by atoms with Crippen LogP contribution in [-0.2, 0) is 4.74 Å². The summed E-state index contributed by atoms with van der Waals surface area (Å²) in [7, 11) is 0. The van der Waals surface area contributed by atoms with Gasteiger partial charge in [-0.05, 0) is 50.2 Å². The van der Waals surface area contributed by atoms with Crippen molar-refractivity contribution in [2.45, 2.75) is 26.1 Å². The molecule has 1 amide bonds. The first-order valence-corrected chi connectivity index (χ1v) is 10.1. The fourth-order valence-electron chi connectivity index (χ4n) is 3.93. The molecule has 1 aliphatic heterocycles. The number of nitrogens with zero attached hydrogens (tertiary/aromatic N) is 1. The fourth-order valence-corrected chi connectivity index (χ4v) is 3.93. The number of carbonyl (C=O) groups excluding carboxylic acids is 1. The standard InChI is InChI=1S/C22H26N4O4/c1-13-11-26(12-14(2)30-13)7-8-29-16-3-5-18-15(9-16)10-20(24-18)17-4-6-19(21(23)27)25-22(17)28/h3-6,9-10,13-14,24H,7-8,11-12H2,1-2H3,(H2,23,27)(H,25,28). The highest BCUT2D eigenvalue weighted by atomic mass is 16.5. The van der Waals surface area contributed by atoms with Crippen molar-refractivity contribution in [1.82, 2.24) is 14.9 Å². The molecule has 2 atom stereocenters. The van der Waals surface area contributed by atoms with Crippen LogP contribution in [0.15, 0.2) is 41.2 Å². The summed E-state index contributed by atoms with van der Waals surface area (Å²) in [6.45, 7) is 7.45. The number of fused-ring (bicyclic) bond motifs is 1. The Bertz CT molecular complexity index is 1110. The largest absolute Gasteiger partial charge is 0.492 e. The number of primary amides is 1. The number of carbonyl (C=O) groups is 1. The Hall–Kier alpha value is -3.10. The summed E-state index contributed by atoms with van der Waals surface area (Å²) in [5.41, 5.74) is 6.92. The Kier molecular flexibility index (Phi) is 5.61. The number of H-pyrrole nitrogens is 2. The van der Waals surface area contributed by atoms with Crippen LogP contribution in [-0.4, -0.2) is 59.2 Å². The summed E-state index contributed by atoms with van der Waals surface area (Å²) in [6.07, 6.45) is 0.479. The van der Waals surface area contributed by atoms with Gasteiger partial charge in [0.2, 0.25) is 0 Å². The van der Waals surface area contributed by atoms with Crippen molar-refractivity contribution in [3.05, 3.63) is 52.4 Å². The second-order valence-corrected chi connectivity index (χ2v) is 7.78. The van der Waals surface area contributed by atoms with Gasteiger partial charge in [-0.2, -0.15) is 0 Å². The first-order valence-electron chi connectivity index (χ1n) is 10.1. The number of benzene rings is 1. The number of nitrogens with two attached hydrogens (primary N) is 1. The van der Waals surface area contributed by atoms with Gasteiger partial charge < -0.3 is 25.2 Å². The maximum atomic E-state index is 12.3. The Labute approximate surface area is 174 Å². The van der Waals surface area contributed by atoms with Crippen LogP contribution in [0, 0.1) is 0 Å². The lowest BCUT2D eigenvalue weighted by atomic mass is 10.1. The van der Waals surface area contributed by atoms with Crippen molar-refractivity contribution in [2.24, 2.45) is 5.73 Å². The number of pyridine rings is 1. The molecule has 3 aromatic rings. The van der Waals surface area contributed by atoms with E-state index in [0.29, 0.717) is 17.9 Å². The van der Waals surface area contributed by atoms with Crippen LogP contribution in [0.25, 0.3) is 22.2 Å². The molecule has 1 saturated heterocycles. The highest BCUT2D eigenvalue weighted by Gasteiger charge is 2.21. The molecule has 0 saturated carbocycles. The van der Waals surface area contributed by atoms with Crippen LogP contribution in [0.1, 0.15) is 24.3 Å². The van der Waals surface area contributed by atoms with Crippen molar-refractivity contribution in [3.8, 4) is 17.0 Å². The minimum atomic E-state index is -0.668. The highest BCUT2D eigenvalue weighted by molar-refractivity contribution is 5.91. The lowest BCUT2D eigenvalue weighted by Gasteiger charge is -2.35. The molecule has 1 fully saturated rings. The summed E-state index contributed by atoms with van der Waals surface area (Å²) in [5.74, 6) is 0.110. The number of aromatic nitrogens is 2. The van der Waals surface area contributed by atoms with Gasteiger partial charge in [0.1, 0.15) is 18.1 Å². The molecule has 30 heavy (non-hydrogen) atoms. The topological polar surface area (TPSA) is 113 Å². The van der Waals surface area contributed by atoms with Gasteiger partial charge in [-0.25, -0.2) is 0 Å². The van der Waals surface area contributed by atoms with Crippen LogP contribution in [0.4, 0.5) is 0 Å². The maximum absolute atomic E-state index is 12.3. The first kappa shape index (κ1) is 20.2. The zero-order chi connectivity index (χ0) is 21.3. The van der Waals surface area contributed by atoms with Crippen molar-refractivity contribution >= 4 is 16.8 Å². The summed E-state index contributed by atoms with van der Waals surface area (Å²) in [4.78, 5) is 31.6. The molecule has 1 aromatic carbocycles. The van der Waals surface area contributed by atoms with Gasteiger partial charge in [-0.3, -0.25) is 14.5 Å². The van der Waals surface area contributed by atoms with Crippen LogP contribution in [0.3, 0.4) is 0 Å². The first-order chi connectivity index (χ1) is 14.4. The zero-order valence-corrected chi connectivity index (χ0v) is 17.1. The van der Waals surface area contributed by atoms with Gasteiger partial charge in [0.05, 0.1) is 23.5 Å². The van der Waals surface area contributed by atoms with Crippen LogP contribution >= 0.6 is 0 Å². The average molecular weight is 410 g/mol. The van der Waals surface area contributed by atoms with Crippen LogP contribution in [0.2, 0.25) is 0 Å². The third kappa shape index (κ3) is 4.39. The summed E-state index contributed by atoms with van der Waals surface area (Å²) < 4.78 is 11.7. The van der Waals surface area contributed by atoms with E-state index in [4.69, 9.17) is 15.2 Å². The number of hydrogen-bond donors (Lipinski definition) is 3. The monoisotopic (exact) mass is 410 g/mol. The Morgan fingerprint density at radius 3 is 2.63 bits per heavy atom. The average Bonchev–Trinajstić information content (AvgIpc) is 3.10. The zero-order valence-electron chi connectivity index (χ0n) is 17.1. The number of rotatable bonds is 6. The van der Waals surface area contributed by atoms with Crippen molar-refractivity contribution in [2.75, 3.05) is 26.2 Å². The predicted molar refractivity (Wildman–Crippen MR) is 115 cm³/mol. The fraction of sp³-hybridized carbons (Fsp3) is 0.364. The number of aromatic amines is 2. The smallest absolute Gasteiger partial charge is 0.265 e. The second kappa shape index (κ2) is 8.33. The van der Waals surface area contributed by atoms with Crippen LogP contribution in [0.5, 0.6) is 5.75 Å². The molecule has 158 valence electrons. The normalized spacial score (nSPS) is 19.8. The second-order valence-electron chi connectivity index (χ2n) is 7.78. The molecule has 0 aliphatic carbocycles. The van der Waals surface area contributed by atoms with Crippen LogP contribution < -0.4 is 16.0 Å². The van der Waals surface area contributed by atoms with Gasteiger partial charge in [0.15, 0.2) is 0 Å². The van der Waals surface area contributed by atoms with E-state index in [1.165, 1.54) is 6.07 Å². The molecule has 1 aliphatic rings. The molecular formula is C22H26N4O4. The number of morpholine rings is 1. The molecule has 2 aromatic heterocycles. The SMILES string of the molecule is CC1CN(CCOc2ccc3[nH]c(-c4ccc(C(N)=O)[nH]c4=O)cc3c2)CC(C)O1. The van der Waals surface area contributed by atoms with E-state index in [0.717, 1.165) is 36.3 Å². The Morgan fingerprint density at radius 1 is 1.17 bits per heavy atom. The maximum Gasteiger partial charge on any atom is 0.265 e. The predicted octanol–water partition coefficient (Wildman–Crippen LogP) is 2.11. The molecular weight excluding hydrogens is 384 g/mol. The number of hydrogen-bond acceptors (Lipinski definition) is 5. The van der Waals surface area contributed by atoms with Crippen molar-refractivity contribution in [1.29, 1.82) is 0 Å². The minimum Gasteiger partial charge on any atom is -0.492 e. The van der Waals surface area contributed by atoms with Gasteiger partial charge >= 0.3 is 0 Å². The molecule has 0 bridgehead atoms. The Balaban J connectivity index is 1.45. The summed E-state index contributed by atoms with van der Waals surface area (Å²) in [5, 5.41) is 0.939. The molecule has 0 radical (unpaired) electrons. The molecule has 8 nitrogen and oxygen atoms in total. The van der Waals surface area contributed by atoms with Gasteiger partial charge in [-0.1, -0.05) is 0 Å². The minimum absolute atomic E-state index is 0.0830. The lowest BCUT2D eigenvalue weighted by molar-refractivity contribution is -0.0699. The molecule has 3 heterocycles. The molecule has 8 heteroatoms. The third-order valence-electron chi connectivity index (χ3n) is 5.23. The highest BCUT2D eigenvalue weighted by Crippen LogP contribution is 2.25. The Morgan fingerprint density at radius 2 is 1.93 bits per heavy atom. The number of ether oxygens (including phenoxy) is 2. The van der Waals surface area contributed by atoms with Crippen molar-refractivity contribution in [3.63, 3.8) is 0 Å². The van der Waals surface area contributed by atoms with E-state index < -0.39 is 5.91 Å². The van der Waals surface area contributed by atoms with Gasteiger partial charge in [0, 0.05) is 30.5 Å². The molecule has 2 unspecified atom stereocenters. The molecule has 4 N–H and O–H groups in total. The van der Waals surface area contributed by atoms with E-state index in [2.05, 4.69) is 28.7 Å². The van der Waals surface area contributed by atoms with E-state index in [1.807, 2.05) is 24.3 Å². The van der Waals surface area contributed by atoms with Crippen molar-refractivity contribution < 1.29 is 14.3 Å². The third-order valence-corrected chi connectivity index (χ3v) is 5.23. The summed E-state index contributed by atoms with van der Waals surface area (Å²) >= 11 is 0. The van der Waals surface area contributed by atoms with E-state index in [1.54, 1.807) is 6.07 Å². The molecule has 0 spiro atoms. The molecule has 4 rings (SSSR count). The number of nitrogens with one attached hydrogen (secondary N) is 2. The van der Waals surface area contributed by atoms with E-state index >= 15 is 0 Å². The quantitative estimate of drug-likeness (QED) is 0.576. The van der Waals surface area contributed by atoms with E-state index in [-0.39, 0.29) is 23.5 Å². The summed E-state index contributed by atoms with van der Waals surface area (Å²) in [6, 6.07) is 10.8. The lowest BCUT2D eigenvalue weighted by Crippen LogP contribution is -2.46.